The second-order valence-electron chi connectivity index (χ2n) is 9.75. The molecule has 2 heterocycles. The van der Waals surface area contributed by atoms with Gasteiger partial charge in [-0.2, -0.15) is 0 Å². The number of amides is 2. The van der Waals surface area contributed by atoms with Crippen LogP contribution in [-0.2, 0) is 25.2 Å². The Morgan fingerprint density at radius 2 is 1.76 bits per heavy atom. The zero-order valence-corrected chi connectivity index (χ0v) is 20.8. The highest BCUT2D eigenvalue weighted by Gasteiger charge is 2.57. The van der Waals surface area contributed by atoms with E-state index in [0.717, 1.165) is 5.56 Å². The van der Waals surface area contributed by atoms with Gasteiger partial charge in [-0.05, 0) is 46.1 Å². The van der Waals surface area contributed by atoms with Gasteiger partial charge < -0.3 is 28.7 Å². The summed E-state index contributed by atoms with van der Waals surface area (Å²) in [5.41, 5.74) is -1.11. The van der Waals surface area contributed by atoms with E-state index in [2.05, 4.69) is 0 Å². The fraction of sp³-hybridized carbons (Fsp3) is 0.652. The lowest BCUT2D eigenvalue weighted by Crippen LogP contribution is -2.49. The molecule has 2 saturated heterocycles. The summed E-state index contributed by atoms with van der Waals surface area (Å²) in [5, 5.41) is 0. The highest BCUT2D eigenvalue weighted by Crippen LogP contribution is 2.60. The van der Waals surface area contributed by atoms with Crippen molar-refractivity contribution in [3.63, 3.8) is 0 Å². The first-order valence-corrected chi connectivity index (χ1v) is 13.0. The third-order valence-electron chi connectivity index (χ3n) is 6.19. The molecule has 184 valence electrons. The Bertz CT molecular complexity index is 879. The minimum atomic E-state index is -3.99. The molecule has 1 aromatic carbocycles. The molecule has 1 spiro atoms. The molecule has 0 aromatic heterocycles. The van der Waals surface area contributed by atoms with Crippen molar-refractivity contribution in [3.8, 4) is 0 Å². The summed E-state index contributed by atoms with van der Waals surface area (Å²) in [6, 6.07) is 9.35. The number of hydrogen-bond acceptors (Lipinski definition) is 6. The van der Waals surface area contributed by atoms with Gasteiger partial charge in [0.1, 0.15) is 12.2 Å². The normalized spacial score (nSPS) is 22.2. The predicted molar refractivity (Wildman–Crippen MR) is 123 cm³/mol. The van der Waals surface area contributed by atoms with Crippen LogP contribution in [0.5, 0.6) is 0 Å². The summed E-state index contributed by atoms with van der Waals surface area (Å²) < 4.78 is 29.3. The first-order valence-electron chi connectivity index (χ1n) is 11.4. The van der Waals surface area contributed by atoms with Crippen LogP contribution in [-0.4, -0.2) is 70.9 Å². The summed E-state index contributed by atoms with van der Waals surface area (Å²) in [6.07, 6.45) is 0.0170. The van der Waals surface area contributed by atoms with Crippen molar-refractivity contribution in [2.75, 3.05) is 32.8 Å². The van der Waals surface area contributed by atoms with Crippen LogP contribution >= 0.6 is 7.60 Å². The number of carbonyl (C=O) groups is 2. The number of nitrogens with zero attached hydrogens (tertiary/aromatic N) is 2. The average Bonchev–Trinajstić information content (AvgIpc) is 3.12. The van der Waals surface area contributed by atoms with E-state index >= 15 is 0 Å². The molecule has 33 heavy (non-hydrogen) atoms. The number of rotatable bonds is 5. The van der Waals surface area contributed by atoms with E-state index in [9.17, 15) is 19.0 Å². The van der Waals surface area contributed by atoms with Gasteiger partial charge >= 0.3 is 19.8 Å². The zero-order chi connectivity index (χ0) is 24.3. The molecular weight excluding hydrogens is 447 g/mol. The van der Waals surface area contributed by atoms with Gasteiger partial charge in [0.15, 0.2) is 0 Å². The lowest BCUT2D eigenvalue weighted by atomic mass is 9.77. The number of carbonyl (C=O) groups excluding carboxylic acids is 2. The lowest BCUT2D eigenvalue weighted by molar-refractivity contribution is 0.0104. The van der Waals surface area contributed by atoms with Crippen LogP contribution in [0.15, 0.2) is 30.3 Å². The molecule has 10 heteroatoms. The third kappa shape index (κ3) is 6.28. The Kier molecular flexibility index (Phi) is 7.76. The Morgan fingerprint density at radius 1 is 1.12 bits per heavy atom. The van der Waals surface area contributed by atoms with E-state index < -0.39 is 36.5 Å². The highest BCUT2D eigenvalue weighted by molar-refractivity contribution is 7.53. The monoisotopic (exact) mass is 482 g/mol. The summed E-state index contributed by atoms with van der Waals surface area (Å²) in [7, 11) is -3.99. The largest absolute Gasteiger partial charge is 0.445 e. The number of ether oxygens (including phenoxy) is 2. The fourth-order valence-electron chi connectivity index (χ4n) is 4.58. The van der Waals surface area contributed by atoms with E-state index in [1.807, 2.05) is 51.1 Å². The zero-order valence-electron chi connectivity index (χ0n) is 19.9. The van der Waals surface area contributed by atoms with Gasteiger partial charge in [-0.25, -0.2) is 9.59 Å². The Balaban J connectivity index is 1.71. The Morgan fingerprint density at radius 3 is 2.33 bits per heavy atom. The van der Waals surface area contributed by atoms with E-state index in [-0.39, 0.29) is 26.3 Å². The molecule has 0 saturated carbocycles. The molecule has 2 aliphatic rings. The minimum Gasteiger partial charge on any atom is -0.445 e. The van der Waals surface area contributed by atoms with Crippen LogP contribution in [0, 0.1) is 5.41 Å². The van der Waals surface area contributed by atoms with Gasteiger partial charge in [-0.3, -0.25) is 4.57 Å². The van der Waals surface area contributed by atoms with E-state index in [0.29, 0.717) is 25.9 Å². The number of benzene rings is 1. The maximum Gasteiger partial charge on any atom is 0.410 e. The molecule has 9 nitrogen and oxygen atoms in total. The Labute approximate surface area is 195 Å². The standard InChI is InChI=1S/C23H35N2O7P/c1-5-31-33(28,29)19-15-25(20(26)30-16-18-9-7-6-8-10-18)17-23(19)11-13-24(14-12-23)21(27)32-22(2,3)4/h6-10,19H,5,11-17H2,1-4H3,(H,28,29). The van der Waals surface area contributed by atoms with Gasteiger partial charge in [0.25, 0.3) is 0 Å². The predicted octanol–water partition coefficient (Wildman–Crippen LogP) is 4.25. The topological polar surface area (TPSA) is 106 Å². The molecule has 2 unspecified atom stereocenters. The molecule has 3 rings (SSSR count). The van der Waals surface area contributed by atoms with Crippen LogP contribution in [0.3, 0.4) is 0 Å². The minimum absolute atomic E-state index is 0.0772. The van der Waals surface area contributed by atoms with Gasteiger partial charge in [0.2, 0.25) is 0 Å². The second-order valence-corrected chi connectivity index (χ2v) is 11.8. The summed E-state index contributed by atoms with van der Waals surface area (Å²) >= 11 is 0. The van der Waals surface area contributed by atoms with Crippen molar-refractivity contribution in [2.24, 2.45) is 5.41 Å². The summed E-state index contributed by atoms with van der Waals surface area (Å²) in [4.78, 5) is 39.1. The van der Waals surface area contributed by atoms with Crippen LogP contribution in [0.4, 0.5) is 9.59 Å². The molecule has 0 radical (unpaired) electrons. The van der Waals surface area contributed by atoms with Crippen molar-refractivity contribution in [2.45, 2.75) is 58.4 Å². The van der Waals surface area contributed by atoms with E-state index in [1.54, 1.807) is 11.8 Å². The van der Waals surface area contributed by atoms with Gasteiger partial charge in [0, 0.05) is 31.6 Å². The molecule has 0 aliphatic carbocycles. The van der Waals surface area contributed by atoms with Crippen LogP contribution in [0.1, 0.15) is 46.1 Å². The van der Waals surface area contributed by atoms with E-state index in [1.165, 1.54) is 4.90 Å². The lowest BCUT2D eigenvalue weighted by Gasteiger charge is -2.42. The maximum absolute atomic E-state index is 13.1. The van der Waals surface area contributed by atoms with Gasteiger partial charge in [0.05, 0.1) is 12.3 Å². The highest BCUT2D eigenvalue weighted by atomic mass is 31.2. The maximum atomic E-state index is 13.1. The van der Waals surface area contributed by atoms with Crippen molar-refractivity contribution < 1.29 is 33.0 Å². The number of hydrogen-bond donors (Lipinski definition) is 1. The van der Waals surface area contributed by atoms with Crippen molar-refractivity contribution >= 4 is 19.8 Å². The van der Waals surface area contributed by atoms with Crippen LogP contribution in [0.25, 0.3) is 0 Å². The number of piperidine rings is 1. The van der Waals surface area contributed by atoms with Crippen molar-refractivity contribution in [3.05, 3.63) is 35.9 Å². The van der Waals surface area contributed by atoms with Crippen molar-refractivity contribution in [1.82, 2.24) is 9.80 Å². The van der Waals surface area contributed by atoms with Crippen LogP contribution < -0.4 is 0 Å². The van der Waals surface area contributed by atoms with Crippen LogP contribution in [0.2, 0.25) is 0 Å². The summed E-state index contributed by atoms with van der Waals surface area (Å²) in [6.45, 7) is 8.45. The molecule has 2 atom stereocenters. The second kappa shape index (κ2) is 10.0. The van der Waals surface area contributed by atoms with Gasteiger partial charge in [-0.15, -0.1) is 0 Å². The fourth-order valence-corrected chi connectivity index (χ4v) is 6.56. The molecule has 2 aliphatic heterocycles. The van der Waals surface area contributed by atoms with Gasteiger partial charge in [-0.1, -0.05) is 30.3 Å². The summed E-state index contributed by atoms with van der Waals surface area (Å²) in [5.74, 6) is 0. The third-order valence-corrected chi connectivity index (χ3v) is 8.32. The molecular formula is C23H35N2O7P. The smallest absolute Gasteiger partial charge is 0.410 e. The quantitative estimate of drug-likeness (QED) is 0.626. The first kappa shape index (κ1) is 25.5. The molecule has 2 fully saturated rings. The molecule has 1 aromatic rings. The average molecular weight is 483 g/mol. The Hall–Kier alpha value is -2.09. The molecule has 0 bridgehead atoms. The molecule has 1 N–H and O–H groups in total. The number of likely N-dealkylation sites (tertiary alicyclic amines) is 2. The SMILES string of the molecule is CCOP(=O)(O)C1CN(C(=O)OCc2ccccc2)CC12CCN(C(=O)OC(C)(C)C)CC2. The first-order chi connectivity index (χ1) is 15.5. The van der Waals surface area contributed by atoms with Crippen molar-refractivity contribution in [1.29, 1.82) is 0 Å². The van der Waals surface area contributed by atoms with E-state index in [4.69, 9.17) is 14.0 Å². The molecule has 2 amide bonds.